The van der Waals surface area contributed by atoms with Crippen LogP contribution in [0.25, 0.3) is 0 Å². The average Bonchev–Trinajstić information content (AvgIpc) is 2.96. The number of ether oxygens (including phenoxy) is 2. The van der Waals surface area contributed by atoms with E-state index >= 15 is 0 Å². The molecule has 2 N–H and O–H groups in total. The Kier molecular flexibility index (Phi) is 9.94. The predicted molar refractivity (Wildman–Crippen MR) is 154 cm³/mol. The molecule has 0 fully saturated rings. The van der Waals surface area contributed by atoms with E-state index in [4.69, 9.17) is 15.2 Å². The van der Waals surface area contributed by atoms with Crippen LogP contribution in [0.1, 0.15) is 34.6 Å². The van der Waals surface area contributed by atoms with Crippen molar-refractivity contribution in [2.75, 3.05) is 32.5 Å². The highest BCUT2D eigenvalue weighted by Gasteiger charge is 2.19. The van der Waals surface area contributed by atoms with Gasteiger partial charge in [-0.05, 0) is 52.9 Å². The Labute approximate surface area is 225 Å². The van der Waals surface area contributed by atoms with Gasteiger partial charge in [0.1, 0.15) is 6.29 Å². The molecule has 0 saturated heterocycles. The van der Waals surface area contributed by atoms with Crippen molar-refractivity contribution >= 4 is 12.0 Å². The Morgan fingerprint density at radius 1 is 0.816 bits per heavy atom. The predicted octanol–water partition coefficient (Wildman–Crippen LogP) is 6.12. The lowest BCUT2D eigenvalue weighted by Crippen LogP contribution is -2.30. The molecule has 0 aliphatic rings. The number of aldehydes is 1. The third-order valence-corrected chi connectivity index (χ3v) is 6.65. The molecule has 0 aliphatic carbocycles. The standard InChI is InChI=1S/C33H36N2O3/c1-37-33-23-26(19-21-36)15-18-32(33)38-22-8-20-35(24-27-13-16-30(34)17-14-27)25-31(28-9-4-2-5-10-28)29-11-6-3-7-12-29/h2-7,9-18,21,23,31H,8,19-20,22,24-25,34H2,1H3. The number of rotatable bonds is 14. The fourth-order valence-corrected chi connectivity index (χ4v) is 4.67. The Balaban J connectivity index is 1.47. The molecule has 4 aromatic rings. The molecule has 0 unspecified atom stereocenters. The topological polar surface area (TPSA) is 64.8 Å². The first kappa shape index (κ1) is 27.0. The number of nitrogen functional groups attached to an aromatic ring is 1. The number of benzene rings is 4. The van der Waals surface area contributed by atoms with Crippen LogP contribution in [0.3, 0.4) is 0 Å². The van der Waals surface area contributed by atoms with E-state index < -0.39 is 0 Å². The van der Waals surface area contributed by atoms with Crippen molar-refractivity contribution in [3.8, 4) is 11.5 Å². The molecule has 0 saturated carbocycles. The molecule has 0 radical (unpaired) electrons. The van der Waals surface area contributed by atoms with Crippen LogP contribution in [-0.4, -0.2) is 38.0 Å². The monoisotopic (exact) mass is 508 g/mol. The highest BCUT2D eigenvalue weighted by Crippen LogP contribution is 2.29. The summed E-state index contributed by atoms with van der Waals surface area (Å²) >= 11 is 0. The van der Waals surface area contributed by atoms with Gasteiger partial charge < -0.3 is 20.0 Å². The number of methoxy groups -OCH3 is 1. The first-order chi connectivity index (χ1) is 18.7. The SMILES string of the molecule is COc1cc(CC=O)ccc1OCCCN(Cc1ccc(N)cc1)CC(c1ccccc1)c1ccccc1. The van der Waals surface area contributed by atoms with Crippen LogP contribution in [0, 0.1) is 0 Å². The molecule has 0 aromatic heterocycles. The number of nitrogens with zero attached hydrogens (tertiary/aromatic N) is 1. The van der Waals surface area contributed by atoms with Crippen molar-refractivity contribution in [3.05, 3.63) is 125 Å². The normalized spacial score (nSPS) is 11.0. The van der Waals surface area contributed by atoms with E-state index in [-0.39, 0.29) is 5.92 Å². The first-order valence-electron chi connectivity index (χ1n) is 13.1. The molecule has 0 heterocycles. The molecule has 0 amide bonds. The van der Waals surface area contributed by atoms with E-state index in [2.05, 4.69) is 77.7 Å². The van der Waals surface area contributed by atoms with Crippen LogP contribution in [0.2, 0.25) is 0 Å². The summed E-state index contributed by atoms with van der Waals surface area (Å²) in [4.78, 5) is 13.3. The summed E-state index contributed by atoms with van der Waals surface area (Å²) in [5.41, 5.74) is 11.5. The van der Waals surface area contributed by atoms with Crippen LogP contribution in [0.4, 0.5) is 5.69 Å². The average molecular weight is 509 g/mol. The highest BCUT2D eigenvalue weighted by atomic mass is 16.5. The zero-order valence-corrected chi connectivity index (χ0v) is 22.0. The van der Waals surface area contributed by atoms with Gasteiger partial charge >= 0.3 is 0 Å². The van der Waals surface area contributed by atoms with Gasteiger partial charge in [0.2, 0.25) is 0 Å². The lowest BCUT2D eigenvalue weighted by atomic mass is 9.90. The number of carbonyl (C=O) groups is 1. The first-order valence-corrected chi connectivity index (χ1v) is 13.1. The zero-order chi connectivity index (χ0) is 26.6. The van der Waals surface area contributed by atoms with Crippen LogP contribution < -0.4 is 15.2 Å². The Bertz CT molecular complexity index is 1220. The van der Waals surface area contributed by atoms with E-state index in [1.807, 2.05) is 30.3 Å². The van der Waals surface area contributed by atoms with E-state index in [9.17, 15) is 4.79 Å². The van der Waals surface area contributed by atoms with Crippen molar-refractivity contribution in [1.29, 1.82) is 0 Å². The second kappa shape index (κ2) is 14.0. The lowest BCUT2D eigenvalue weighted by molar-refractivity contribution is -0.107. The largest absolute Gasteiger partial charge is 0.493 e. The summed E-state index contributed by atoms with van der Waals surface area (Å²) in [6.45, 7) is 3.12. The van der Waals surface area contributed by atoms with Gasteiger partial charge in [-0.15, -0.1) is 0 Å². The smallest absolute Gasteiger partial charge is 0.161 e. The molecule has 5 heteroatoms. The molecule has 0 spiro atoms. The molecule has 0 atom stereocenters. The van der Waals surface area contributed by atoms with E-state index in [0.29, 0.717) is 24.5 Å². The van der Waals surface area contributed by atoms with Gasteiger partial charge in [-0.2, -0.15) is 0 Å². The summed E-state index contributed by atoms with van der Waals surface area (Å²) in [6, 6.07) is 35.2. The van der Waals surface area contributed by atoms with Crippen molar-refractivity contribution in [2.45, 2.75) is 25.3 Å². The summed E-state index contributed by atoms with van der Waals surface area (Å²) in [5, 5.41) is 0. The zero-order valence-electron chi connectivity index (χ0n) is 22.0. The second-order valence-corrected chi connectivity index (χ2v) is 9.41. The molecule has 4 rings (SSSR count). The molecule has 5 nitrogen and oxygen atoms in total. The summed E-state index contributed by atoms with van der Waals surface area (Å²) < 4.78 is 11.6. The van der Waals surface area contributed by atoms with Gasteiger partial charge in [-0.25, -0.2) is 0 Å². The van der Waals surface area contributed by atoms with Gasteiger partial charge in [-0.1, -0.05) is 78.9 Å². The fourth-order valence-electron chi connectivity index (χ4n) is 4.67. The lowest BCUT2D eigenvalue weighted by Gasteiger charge is -2.28. The number of nitrogens with two attached hydrogens (primary N) is 1. The molecule has 38 heavy (non-hydrogen) atoms. The van der Waals surface area contributed by atoms with E-state index in [1.165, 1.54) is 16.7 Å². The third kappa shape index (κ3) is 7.70. The number of hydrogen-bond acceptors (Lipinski definition) is 5. The molecular weight excluding hydrogens is 472 g/mol. The maximum Gasteiger partial charge on any atom is 0.161 e. The van der Waals surface area contributed by atoms with Gasteiger partial charge in [0.25, 0.3) is 0 Å². The van der Waals surface area contributed by atoms with Crippen molar-refractivity contribution in [3.63, 3.8) is 0 Å². The van der Waals surface area contributed by atoms with Gasteiger partial charge in [0.05, 0.1) is 13.7 Å². The molecule has 0 aliphatic heterocycles. The third-order valence-electron chi connectivity index (χ3n) is 6.65. The van der Waals surface area contributed by atoms with Gasteiger partial charge in [0.15, 0.2) is 11.5 Å². The highest BCUT2D eigenvalue weighted by molar-refractivity contribution is 5.56. The minimum atomic E-state index is 0.248. The van der Waals surface area contributed by atoms with Crippen molar-refractivity contribution < 1.29 is 14.3 Å². The summed E-state index contributed by atoms with van der Waals surface area (Å²) in [5.74, 6) is 1.59. The van der Waals surface area contributed by atoms with Crippen LogP contribution >= 0.6 is 0 Å². The Morgan fingerprint density at radius 3 is 2.05 bits per heavy atom. The molecule has 0 bridgehead atoms. The Hall–Kier alpha value is -4.09. The summed E-state index contributed by atoms with van der Waals surface area (Å²) in [7, 11) is 1.62. The van der Waals surface area contributed by atoms with Crippen LogP contribution in [0.15, 0.2) is 103 Å². The maximum absolute atomic E-state index is 10.9. The second-order valence-electron chi connectivity index (χ2n) is 9.41. The Morgan fingerprint density at radius 2 is 1.45 bits per heavy atom. The van der Waals surface area contributed by atoms with Gasteiger partial charge in [0, 0.05) is 37.7 Å². The molecule has 196 valence electrons. The summed E-state index contributed by atoms with van der Waals surface area (Å²) in [6.07, 6.45) is 2.11. The number of carbonyl (C=O) groups excluding carboxylic acids is 1. The van der Waals surface area contributed by atoms with Crippen LogP contribution in [-0.2, 0) is 17.8 Å². The van der Waals surface area contributed by atoms with Crippen molar-refractivity contribution in [2.24, 2.45) is 0 Å². The van der Waals surface area contributed by atoms with E-state index in [0.717, 1.165) is 43.6 Å². The molecule has 4 aromatic carbocycles. The van der Waals surface area contributed by atoms with Crippen molar-refractivity contribution in [1.82, 2.24) is 4.90 Å². The van der Waals surface area contributed by atoms with Gasteiger partial charge in [-0.3, -0.25) is 4.90 Å². The minimum Gasteiger partial charge on any atom is -0.493 e. The minimum absolute atomic E-state index is 0.248. The quantitative estimate of drug-likeness (QED) is 0.126. The van der Waals surface area contributed by atoms with E-state index in [1.54, 1.807) is 7.11 Å². The number of hydrogen-bond donors (Lipinski definition) is 1. The maximum atomic E-state index is 10.9. The molecular formula is C33H36N2O3. The number of anilines is 1. The fraction of sp³-hybridized carbons (Fsp3) is 0.242. The van der Waals surface area contributed by atoms with Crippen LogP contribution in [0.5, 0.6) is 11.5 Å².